The molecule has 0 bridgehead atoms. The highest BCUT2D eigenvalue weighted by molar-refractivity contribution is 6.31. The summed E-state index contributed by atoms with van der Waals surface area (Å²) in [5.41, 5.74) is 1.36. The monoisotopic (exact) mass is 360 g/mol. The molecule has 2 heterocycles. The number of nitrogens with zero attached hydrogens (tertiary/aromatic N) is 1. The van der Waals surface area contributed by atoms with Crippen LogP contribution in [-0.2, 0) is 4.79 Å². The number of amides is 2. The molecule has 1 atom stereocenters. The molecular formula is C19H21ClN2O3. The average molecular weight is 361 g/mol. The van der Waals surface area contributed by atoms with Crippen LogP contribution in [0, 0.1) is 12.8 Å². The molecule has 6 heteroatoms. The van der Waals surface area contributed by atoms with Gasteiger partial charge < -0.3 is 9.73 Å². The summed E-state index contributed by atoms with van der Waals surface area (Å²) in [6.45, 7) is 3.42. The number of piperidine rings is 1. The predicted octanol–water partition coefficient (Wildman–Crippen LogP) is 3.53. The number of carbonyl (C=O) groups is 2. The van der Waals surface area contributed by atoms with E-state index in [1.807, 2.05) is 6.92 Å². The van der Waals surface area contributed by atoms with Gasteiger partial charge in [0.1, 0.15) is 5.58 Å². The predicted molar refractivity (Wildman–Crippen MR) is 95.8 cm³/mol. The lowest BCUT2D eigenvalue weighted by Gasteiger charge is -2.28. The molecule has 2 aliphatic rings. The van der Waals surface area contributed by atoms with E-state index >= 15 is 0 Å². The van der Waals surface area contributed by atoms with Crippen LogP contribution in [0.2, 0.25) is 5.02 Å². The van der Waals surface area contributed by atoms with E-state index in [0.29, 0.717) is 17.2 Å². The number of nitrogens with one attached hydrogen (secondary N) is 1. The van der Waals surface area contributed by atoms with Crippen molar-refractivity contribution in [3.05, 3.63) is 34.5 Å². The Morgan fingerprint density at radius 3 is 2.76 bits per heavy atom. The number of furan rings is 1. The maximum atomic E-state index is 13.1. The largest absolute Gasteiger partial charge is 0.451 e. The zero-order valence-corrected chi connectivity index (χ0v) is 14.9. The number of benzene rings is 1. The summed E-state index contributed by atoms with van der Waals surface area (Å²) in [5, 5.41) is 4.66. The van der Waals surface area contributed by atoms with Crippen LogP contribution in [0.1, 0.15) is 41.8 Å². The second-order valence-corrected chi connectivity index (χ2v) is 7.42. The Bertz CT molecular complexity index is 835. The standard InChI is InChI=1S/C19H21ClN2O3/c1-11-15-9-13(20)4-7-16(15)25-17(11)19(24)22(14-5-6-14)18(23)12-3-2-8-21-10-12/h4,7,9,12,14,21H,2-3,5-6,8,10H2,1H3. The molecule has 1 N–H and O–H groups in total. The van der Waals surface area contributed by atoms with E-state index in [0.717, 1.165) is 43.2 Å². The van der Waals surface area contributed by atoms with E-state index in [4.69, 9.17) is 16.0 Å². The van der Waals surface area contributed by atoms with Gasteiger partial charge in [0.25, 0.3) is 5.91 Å². The molecule has 5 nitrogen and oxygen atoms in total. The Morgan fingerprint density at radius 1 is 1.28 bits per heavy atom. The van der Waals surface area contributed by atoms with Crippen LogP contribution in [0.3, 0.4) is 0 Å². The summed E-state index contributed by atoms with van der Waals surface area (Å²) >= 11 is 6.06. The topological polar surface area (TPSA) is 62.6 Å². The van der Waals surface area contributed by atoms with Crippen molar-refractivity contribution >= 4 is 34.4 Å². The van der Waals surface area contributed by atoms with E-state index in [-0.39, 0.29) is 29.5 Å². The van der Waals surface area contributed by atoms with Crippen molar-refractivity contribution in [1.82, 2.24) is 10.2 Å². The molecule has 0 radical (unpaired) electrons. The minimum atomic E-state index is -0.317. The van der Waals surface area contributed by atoms with E-state index < -0.39 is 0 Å². The lowest BCUT2D eigenvalue weighted by molar-refractivity contribution is -0.133. The van der Waals surface area contributed by atoms with E-state index in [9.17, 15) is 9.59 Å². The molecule has 4 rings (SSSR count). The second-order valence-electron chi connectivity index (χ2n) is 6.98. The molecule has 1 aliphatic heterocycles. The summed E-state index contributed by atoms with van der Waals surface area (Å²) in [5.74, 6) is -0.265. The van der Waals surface area contributed by atoms with Gasteiger partial charge in [0.05, 0.1) is 5.92 Å². The number of carbonyl (C=O) groups excluding carboxylic acids is 2. The number of rotatable bonds is 3. The summed E-state index contributed by atoms with van der Waals surface area (Å²) < 4.78 is 5.79. The van der Waals surface area contributed by atoms with Crippen LogP contribution in [0.4, 0.5) is 0 Å². The molecule has 2 amide bonds. The Hall–Kier alpha value is -1.85. The Kier molecular flexibility index (Phi) is 4.29. The lowest BCUT2D eigenvalue weighted by atomic mass is 9.97. The fraction of sp³-hybridized carbons (Fsp3) is 0.474. The Balaban J connectivity index is 1.67. The van der Waals surface area contributed by atoms with Gasteiger partial charge in [-0.3, -0.25) is 14.5 Å². The van der Waals surface area contributed by atoms with Crippen molar-refractivity contribution in [2.45, 2.75) is 38.6 Å². The average Bonchev–Trinajstić information content (AvgIpc) is 3.40. The number of hydrogen-bond acceptors (Lipinski definition) is 4. The molecule has 1 saturated carbocycles. The quantitative estimate of drug-likeness (QED) is 0.850. The third-order valence-corrected chi connectivity index (χ3v) is 5.34. The third kappa shape index (κ3) is 3.07. The minimum absolute atomic E-state index is 0.0122. The molecular weight excluding hydrogens is 340 g/mol. The van der Waals surface area contributed by atoms with Gasteiger partial charge in [0.2, 0.25) is 5.91 Å². The number of imide groups is 1. The molecule has 2 aromatic rings. The summed E-state index contributed by atoms with van der Waals surface area (Å²) in [4.78, 5) is 27.6. The molecule has 132 valence electrons. The summed E-state index contributed by atoms with van der Waals surface area (Å²) in [6.07, 6.45) is 3.55. The Labute approximate surface area is 151 Å². The highest BCUT2D eigenvalue weighted by atomic mass is 35.5. The number of hydrogen-bond donors (Lipinski definition) is 1. The van der Waals surface area contributed by atoms with Crippen LogP contribution in [0.15, 0.2) is 22.6 Å². The van der Waals surface area contributed by atoms with Crippen LogP contribution >= 0.6 is 11.6 Å². The van der Waals surface area contributed by atoms with Gasteiger partial charge in [-0.2, -0.15) is 0 Å². The lowest BCUT2D eigenvalue weighted by Crippen LogP contribution is -2.46. The first-order chi connectivity index (χ1) is 12.1. The van der Waals surface area contributed by atoms with Gasteiger partial charge in [-0.05, 0) is 57.4 Å². The molecule has 1 saturated heterocycles. The SMILES string of the molecule is Cc1c(C(=O)N(C(=O)C2CCCNC2)C2CC2)oc2ccc(Cl)cc12. The van der Waals surface area contributed by atoms with E-state index in [1.165, 1.54) is 4.90 Å². The molecule has 1 aromatic carbocycles. The van der Waals surface area contributed by atoms with Gasteiger partial charge in [0, 0.05) is 28.6 Å². The fourth-order valence-corrected chi connectivity index (χ4v) is 3.72. The fourth-order valence-electron chi connectivity index (χ4n) is 3.54. The first kappa shape index (κ1) is 16.6. The van der Waals surface area contributed by atoms with Crippen molar-refractivity contribution in [2.75, 3.05) is 13.1 Å². The first-order valence-electron chi connectivity index (χ1n) is 8.83. The number of aryl methyl sites for hydroxylation is 1. The molecule has 0 spiro atoms. The third-order valence-electron chi connectivity index (χ3n) is 5.11. The number of halogens is 1. The van der Waals surface area contributed by atoms with Gasteiger partial charge in [-0.15, -0.1) is 0 Å². The van der Waals surface area contributed by atoms with Crippen molar-refractivity contribution in [3.8, 4) is 0 Å². The van der Waals surface area contributed by atoms with Crippen LogP contribution in [0.5, 0.6) is 0 Å². The van der Waals surface area contributed by atoms with Crippen LogP contribution in [-0.4, -0.2) is 35.8 Å². The zero-order valence-electron chi connectivity index (χ0n) is 14.2. The number of fused-ring (bicyclic) bond motifs is 1. The van der Waals surface area contributed by atoms with Gasteiger partial charge >= 0.3 is 0 Å². The van der Waals surface area contributed by atoms with Crippen molar-refractivity contribution < 1.29 is 14.0 Å². The van der Waals surface area contributed by atoms with Crippen molar-refractivity contribution in [3.63, 3.8) is 0 Å². The van der Waals surface area contributed by atoms with E-state index in [1.54, 1.807) is 18.2 Å². The second kappa shape index (κ2) is 6.46. The smallest absolute Gasteiger partial charge is 0.296 e. The zero-order chi connectivity index (χ0) is 17.6. The van der Waals surface area contributed by atoms with Crippen LogP contribution in [0.25, 0.3) is 11.0 Å². The maximum absolute atomic E-state index is 13.1. The highest BCUT2D eigenvalue weighted by Crippen LogP contribution is 2.34. The molecule has 1 unspecified atom stereocenters. The van der Waals surface area contributed by atoms with E-state index in [2.05, 4.69) is 5.32 Å². The molecule has 1 aliphatic carbocycles. The van der Waals surface area contributed by atoms with Gasteiger partial charge in [0.15, 0.2) is 5.76 Å². The Morgan fingerprint density at radius 2 is 2.08 bits per heavy atom. The summed E-state index contributed by atoms with van der Waals surface area (Å²) in [7, 11) is 0. The van der Waals surface area contributed by atoms with Crippen molar-refractivity contribution in [1.29, 1.82) is 0 Å². The first-order valence-corrected chi connectivity index (χ1v) is 9.21. The maximum Gasteiger partial charge on any atom is 0.296 e. The molecule has 2 fully saturated rings. The molecule has 1 aromatic heterocycles. The molecule has 25 heavy (non-hydrogen) atoms. The highest BCUT2D eigenvalue weighted by Gasteiger charge is 2.42. The minimum Gasteiger partial charge on any atom is -0.451 e. The van der Waals surface area contributed by atoms with Crippen LogP contribution < -0.4 is 5.32 Å². The van der Waals surface area contributed by atoms with Crippen molar-refractivity contribution in [2.24, 2.45) is 5.92 Å². The normalized spacial score (nSPS) is 20.6. The van der Waals surface area contributed by atoms with Gasteiger partial charge in [-0.25, -0.2) is 0 Å². The summed E-state index contributed by atoms with van der Waals surface area (Å²) in [6, 6.07) is 5.30. The van der Waals surface area contributed by atoms with Gasteiger partial charge in [-0.1, -0.05) is 11.6 Å².